The lowest BCUT2D eigenvalue weighted by Gasteiger charge is -2.27. The molecule has 0 aliphatic heterocycles. The van der Waals surface area contributed by atoms with Gasteiger partial charge >= 0.3 is 0 Å². The van der Waals surface area contributed by atoms with Crippen molar-refractivity contribution in [2.75, 3.05) is 0 Å². The summed E-state index contributed by atoms with van der Waals surface area (Å²) in [5.41, 5.74) is 4.36. The molecule has 0 unspecified atom stereocenters. The lowest BCUT2D eigenvalue weighted by atomic mass is 10.1. The Balaban J connectivity index is 1.75. The number of carbonyl (C=O) groups is 1. The maximum atomic E-state index is 13.5. The summed E-state index contributed by atoms with van der Waals surface area (Å²) in [7, 11) is 0. The number of pyridine rings is 2. The van der Waals surface area contributed by atoms with Gasteiger partial charge in [0.25, 0.3) is 11.5 Å². The molecule has 0 atom stereocenters. The maximum absolute atomic E-state index is 13.5. The third-order valence-corrected chi connectivity index (χ3v) is 5.38. The number of nitrogens with zero attached hydrogens (tertiary/aromatic N) is 3. The van der Waals surface area contributed by atoms with E-state index in [0.717, 1.165) is 35.2 Å². The number of rotatable bonds is 5. The number of hydrogen-bond donors (Lipinski definition) is 2. The Bertz CT molecular complexity index is 1110. The molecule has 7 heteroatoms. The van der Waals surface area contributed by atoms with Gasteiger partial charge in [0.2, 0.25) is 0 Å². The number of nitrogens with one attached hydrogen (secondary N) is 2. The molecule has 4 rings (SSSR count). The van der Waals surface area contributed by atoms with Crippen LogP contribution in [0.5, 0.6) is 0 Å². The normalized spacial score (nSPS) is 14.0. The van der Waals surface area contributed by atoms with Gasteiger partial charge in [-0.1, -0.05) is 0 Å². The van der Waals surface area contributed by atoms with Crippen molar-refractivity contribution < 1.29 is 4.79 Å². The smallest absolute Gasteiger partial charge is 0.255 e. The van der Waals surface area contributed by atoms with Crippen LogP contribution in [0.1, 0.15) is 65.5 Å². The molecule has 3 heterocycles. The van der Waals surface area contributed by atoms with Crippen molar-refractivity contribution in [3.8, 4) is 0 Å². The van der Waals surface area contributed by atoms with Crippen molar-refractivity contribution in [1.29, 1.82) is 0 Å². The van der Waals surface area contributed by atoms with Gasteiger partial charge < -0.3 is 9.88 Å². The van der Waals surface area contributed by atoms with Crippen LogP contribution in [0.25, 0.3) is 11.0 Å². The molecule has 0 spiro atoms. The van der Waals surface area contributed by atoms with Crippen molar-refractivity contribution in [2.24, 2.45) is 0 Å². The van der Waals surface area contributed by atoms with Crippen molar-refractivity contribution in [1.82, 2.24) is 25.1 Å². The lowest BCUT2D eigenvalue weighted by Crippen LogP contribution is -2.38. The molecule has 1 saturated carbocycles. The average Bonchev–Trinajstić information content (AvgIpc) is 3.37. The molecule has 7 nitrogen and oxygen atoms in total. The zero-order valence-electron chi connectivity index (χ0n) is 16.7. The van der Waals surface area contributed by atoms with Gasteiger partial charge in [-0.3, -0.25) is 14.7 Å². The Hall–Kier alpha value is -2.96. The van der Waals surface area contributed by atoms with Crippen molar-refractivity contribution in [3.05, 3.63) is 56.8 Å². The van der Waals surface area contributed by atoms with Crippen LogP contribution >= 0.6 is 0 Å². The van der Waals surface area contributed by atoms with Gasteiger partial charge in [-0.25, -0.2) is 4.98 Å². The fourth-order valence-corrected chi connectivity index (χ4v) is 3.61. The number of aromatic nitrogens is 4. The van der Waals surface area contributed by atoms with Crippen molar-refractivity contribution in [2.45, 2.75) is 59.0 Å². The van der Waals surface area contributed by atoms with Crippen LogP contribution in [-0.4, -0.2) is 37.0 Å². The first-order chi connectivity index (χ1) is 13.3. The maximum Gasteiger partial charge on any atom is 0.255 e. The summed E-state index contributed by atoms with van der Waals surface area (Å²) in [6, 6.07) is 3.78. The highest BCUT2D eigenvalue weighted by Gasteiger charge is 2.29. The van der Waals surface area contributed by atoms with Gasteiger partial charge in [0.15, 0.2) is 5.65 Å². The summed E-state index contributed by atoms with van der Waals surface area (Å²) in [6.07, 6.45) is 3.85. The summed E-state index contributed by atoms with van der Waals surface area (Å²) < 4.78 is 0. The van der Waals surface area contributed by atoms with Gasteiger partial charge in [-0.15, -0.1) is 0 Å². The second-order valence-corrected chi connectivity index (χ2v) is 7.97. The molecule has 146 valence electrons. The molecule has 0 radical (unpaired) electrons. The Morgan fingerprint density at radius 3 is 2.68 bits per heavy atom. The zero-order chi connectivity index (χ0) is 20.0. The van der Waals surface area contributed by atoms with E-state index in [1.54, 1.807) is 11.1 Å². The molecule has 1 fully saturated rings. The molecule has 3 aromatic rings. The van der Waals surface area contributed by atoms with E-state index in [-0.39, 0.29) is 24.1 Å². The number of aromatic amines is 2. The van der Waals surface area contributed by atoms with E-state index in [1.165, 1.54) is 0 Å². The van der Waals surface area contributed by atoms with E-state index in [4.69, 9.17) is 0 Å². The molecule has 2 N–H and O–H groups in total. The monoisotopic (exact) mass is 379 g/mol. The Morgan fingerprint density at radius 1 is 1.29 bits per heavy atom. The van der Waals surface area contributed by atoms with Gasteiger partial charge in [0.1, 0.15) is 0 Å². The molecule has 3 aromatic heterocycles. The summed E-state index contributed by atoms with van der Waals surface area (Å²) in [4.78, 5) is 35.2. The lowest BCUT2D eigenvalue weighted by molar-refractivity contribution is 0.0691. The number of fused-ring (bicyclic) bond motifs is 1. The third kappa shape index (κ3) is 3.32. The van der Waals surface area contributed by atoms with E-state index in [9.17, 15) is 9.59 Å². The number of hydrogen-bond acceptors (Lipinski definition) is 4. The highest BCUT2D eigenvalue weighted by atomic mass is 16.2. The Kier molecular flexibility index (Phi) is 4.53. The van der Waals surface area contributed by atoms with Crippen LogP contribution in [0.2, 0.25) is 0 Å². The van der Waals surface area contributed by atoms with E-state index in [1.807, 2.05) is 39.8 Å². The van der Waals surface area contributed by atoms with E-state index in [0.29, 0.717) is 22.7 Å². The number of amides is 1. The molecule has 0 bridgehead atoms. The number of H-pyrrole nitrogens is 2. The topological polar surface area (TPSA) is 94.7 Å². The first-order valence-electron chi connectivity index (χ1n) is 9.69. The number of aryl methyl sites for hydroxylation is 2. The number of carbonyl (C=O) groups excluding carboxylic acids is 1. The summed E-state index contributed by atoms with van der Waals surface area (Å²) in [6.45, 7) is 7.96. The minimum absolute atomic E-state index is 0.0629. The third-order valence-electron chi connectivity index (χ3n) is 5.38. The highest BCUT2D eigenvalue weighted by molar-refractivity contribution is 6.05. The average molecular weight is 379 g/mol. The largest absolute Gasteiger partial charge is 0.332 e. The van der Waals surface area contributed by atoms with E-state index in [2.05, 4.69) is 20.2 Å². The van der Waals surface area contributed by atoms with Crippen LogP contribution in [0.15, 0.2) is 23.1 Å². The Morgan fingerprint density at radius 2 is 2.04 bits per heavy atom. The Labute approximate surface area is 163 Å². The minimum atomic E-state index is -0.141. The van der Waals surface area contributed by atoms with E-state index >= 15 is 0 Å². The fourth-order valence-electron chi connectivity index (χ4n) is 3.61. The van der Waals surface area contributed by atoms with Gasteiger partial charge in [-0.05, 0) is 58.2 Å². The van der Waals surface area contributed by atoms with Crippen LogP contribution < -0.4 is 5.56 Å². The molecule has 1 aliphatic rings. The van der Waals surface area contributed by atoms with Gasteiger partial charge in [0.05, 0.1) is 23.7 Å². The van der Waals surface area contributed by atoms with Gasteiger partial charge in [0, 0.05) is 28.9 Å². The van der Waals surface area contributed by atoms with Crippen LogP contribution in [0.4, 0.5) is 0 Å². The van der Waals surface area contributed by atoms with Crippen LogP contribution in [0, 0.1) is 13.8 Å². The second-order valence-electron chi connectivity index (χ2n) is 7.97. The minimum Gasteiger partial charge on any atom is -0.332 e. The SMILES string of the molecule is Cc1cc(C)c(CN(C(=O)c2cc(C3CC3)nc3[nH]ncc23)C(C)C)c(=O)[nH]1. The molecule has 1 aliphatic carbocycles. The van der Waals surface area contributed by atoms with Crippen molar-refractivity contribution >= 4 is 16.9 Å². The van der Waals surface area contributed by atoms with Crippen molar-refractivity contribution in [3.63, 3.8) is 0 Å². The molecule has 0 aromatic carbocycles. The molecule has 1 amide bonds. The summed E-state index contributed by atoms with van der Waals surface area (Å²) >= 11 is 0. The summed E-state index contributed by atoms with van der Waals surface area (Å²) in [5.74, 6) is 0.319. The quantitative estimate of drug-likeness (QED) is 0.712. The molecule has 0 saturated heterocycles. The van der Waals surface area contributed by atoms with E-state index < -0.39 is 0 Å². The first-order valence-corrected chi connectivity index (χ1v) is 9.69. The summed E-state index contributed by atoms with van der Waals surface area (Å²) in [5, 5.41) is 7.69. The van der Waals surface area contributed by atoms with Crippen LogP contribution in [0.3, 0.4) is 0 Å². The highest BCUT2D eigenvalue weighted by Crippen LogP contribution is 2.40. The molecule has 28 heavy (non-hydrogen) atoms. The van der Waals surface area contributed by atoms with Crippen LogP contribution in [-0.2, 0) is 6.54 Å². The molecular weight excluding hydrogens is 354 g/mol. The zero-order valence-corrected chi connectivity index (χ0v) is 16.7. The second kappa shape index (κ2) is 6.89. The fraction of sp³-hybridized carbons (Fsp3) is 0.429. The predicted octanol–water partition coefficient (Wildman–Crippen LogP) is 3.19. The predicted molar refractivity (Wildman–Crippen MR) is 107 cm³/mol. The van der Waals surface area contributed by atoms with Gasteiger partial charge in [-0.2, -0.15) is 5.10 Å². The first kappa shape index (κ1) is 18.4. The molecular formula is C21H25N5O2. The standard InChI is InChI=1S/C21H25N5O2/c1-11(2)26(10-17-12(3)7-13(4)23-20(17)27)21(28)15-8-18(14-5-6-14)24-19-16(15)9-22-25-19/h7-9,11,14H,5-6,10H2,1-4H3,(H,23,27)(H,22,24,25).